The van der Waals surface area contributed by atoms with Crippen molar-refractivity contribution in [2.24, 2.45) is 7.05 Å². The molecular formula is C29H35N5O3S. The Hall–Kier alpha value is -3.27. The lowest BCUT2D eigenvalue weighted by Crippen LogP contribution is -2.50. The normalized spacial score (nSPS) is 15.4. The number of hydrogen-bond acceptors (Lipinski definition) is 7. The van der Waals surface area contributed by atoms with Crippen molar-refractivity contribution in [3.05, 3.63) is 60.3 Å². The van der Waals surface area contributed by atoms with E-state index in [2.05, 4.69) is 40.1 Å². The molecule has 8 nitrogen and oxygen atoms in total. The second-order valence-corrected chi connectivity index (χ2v) is 12.9. The third-order valence-corrected chi connectivity index (χ3v) is 8.22. The van der Waals surface area contributed by atoms with E-state index in [9.17, 15) is 13.5 Å². The Labute approximate surface area is 224 Å². The fourth-order valence-electron chi connectivity index (χ4n) is 5.15. The van der Waals surface area contributed by atoms with Gasteiger partial charge in [-0.25, -0.2) is 13.4 Å². The summed E-state index contributed by atoms with van der Waals surface area (Å²) in [6.45, 7) is 10.1. The Kier molecular flexibility index (Phi) is 6.79. The summed E-state index contributed by atoms with van der Waals surface area (Å²) in [5, 5.41) is 10.1. The zero-order valence-corrected chi connectivity index (χ0v) is 23.5. The van der Waals surface area contributed by atoms with Gasteiger partial charge in [0.25, 0.3) is 0 Å². The van der Waals surface area contributed by atoms with Crippen LogP contribution in [0.2, 0.25) is 0 Å². The third-order valence-electron chi connectivity index (χ3n) is 7.10. The van der Waals surface area contributed by atoms with Crippen molar-refractivity contribution in [2.75, 3.05) is 43.9 Å². The minimum absolute atomic E-state index is 0.291. The predicted molar refractivity (Wildman–Crippen MR) is 152 cm³/mol. The van der Waals surface area contributed by atoms with Crippen LogP contribution in [-0.4, -0.2) is 77.5 Å². The van der Waals surface area contributed by atoms with Crippen LogP contribution in [0.15, 0.2) is 59.5 Å². The summed E-state index contributed by atoms with van der Waals surface area (Å²) in [7, 11) is -1.28. The van der Waals surface area contributed by atoms with Crippen molar-refractivity contribution >= 4 is 26.6 Å². The lowest BCUT2D eigenvalue weighted by molar-refractivity contribution is 0.0345. The summed E-state index contributed by atoms with van der Waals surface area (Å²) in [5.41, 5.74) is 5.95. The Bertz CT molecular complexity index is 1560. The molecule has 1 fully saturated rings. The van der Waals surface area contributed by atoms with Gasteiger partial charge in [0.1, 0.15) is 11.3 Å². The van der Waals surface area contributed by atoms with Gasteiger partial charge in [0.2, 0.25) is 0 Å². The molecule has 2 aromatic carbocycles. The summed E-state index contributed by atoms with van der Waals surface area (Å²) in [5.74, 6) is 0.765. The van der Waals surface area contributed by atoms with Crippen molar-refractivity contribution in [2.45, 2.75) is 31.3 Å². The highest BCUT2D eigenvalue weighted by Gasteiger charge is 2.23. The number of aromatic nitrogens is 3. The topological polar surface area (TPSA) is 91.6 Å². The number of aryl methyl sites for hydroxylation is 2. The molecule has 1 saturated heterocycles. The van der Waals surface area contributed by atoms with Crippen LogP contribution in [0, 0.1) is 6.92 Å². The number of fused-ring (bicyclic) bond motifs is 1. The molecule has 0 spiro atoms. The van der Waals surface area contributed by atoms with Crippen LogP contribution in [0.1, 0.15) is 19.5 Å². The number of hydrogen-bond donors (Lipinski definition) is 1. The van der Waals surface area contributed by atoms with Gasteiger partial charge in [-0.05, 0) is 63.2 Å². The average Bonchev–Trinajstić information content (AvgIpc) is 3.20. The molecule has 0 atom stereocenters. The number of nitrogens with zero attached hydrogens (tertiary/aromatic N) is 5. The number of piperazine rings is 1. The van der Waals surface area contributed by atoms with Crippen molar-refractivity contribution in [1.82, 2.24) is 19.4 Å². The molecule has 9 heteroatoms. The van der Waals surface area contributed by atoms with Crippen LogP contribution >= 0.6 is 0 Å². The van der Waals surface area contributed by atoms with E-state index in [1.54, 1.807) is 24.3 Å². The zero-order valence-electron chi connectivity index (χ0n) is 22.6. The summed E-state index contributed by atoms with van der Waals surface area (Å²) in [6.07, 6.45) is 1.21. The third kappa shape index (κ3) is 5.45. The van der Waals surface area contributed by atoms with Gasteiger partial charge in [-0.15, -0.1) is 0 Å². The molecule has 1 aliphatic rings. The molecule has 4 aromatic rings. The number of anilines is 1. The number of aliphatic hydroxyl groups is 1. The van der Waals surface area contributed by atoms with Crippen LogP contribution in [0.5, 0.6) is 0 Å². The molecule has 0 amide bonds. The maximum absolute atomic E-state index is 11.8. The molecule has 5 rings (SSSR count). The first-order valence-corrected chi connectivity index (χ1v) is 14.7. The molecule has 38 heavy (non-hydrogen) atoms. The van der Waals surface area contributed by atoms with Gasteiger partial charge in [-0.1, -0.05) is 12.1 Å². The Balaban J connectivity index is 1.38. The van der Waals surface area contributed by atoms with E-state index in [0.29, 0.717) is 11.4 Å². The van der Waals surface area contributed by atoms with E-state index in [0.717, 1.165) is 65.6 Å². The Morgan fingerprint density at radius 2 is 1.53 bits per heavy atom. The van der Waals surface area contributed by atoms with Crippen molar-refractivity contribution in [3.63, 3.8) is 0 Å². The van der Waals surface area contributed by atoms with Crippen molar-refractivity contribution in [1.29, 1.82) is 0 Å². The standard InChI is InChI=1S/C29H35N5O3S/c1-20-27-26(32(4)28(31-27)22-8-12-24(13-9-22)38(5,36)37)18-25(30-20)21-6-10-23(11-7-21)34-16-14-33(15-17-34)19-29(2,3)35/h6-13,18,35H,14-17,19H2,1-5H3. The molecule has 0 radical (unpaired) electrons. The monoisotopic (exact) mass is 533 g/mol. The predicted octanol–water partition coefficient (Wildman–Crippen LogP) is 3.91. The molecule has 200 valence electrons. The number of pyridine rings is 1. The van der Waals surface area contributed by atoms with E-state index in [1.165, 1.54) is 11.9 Å². The first-order valence-electron chi connectivity index (χ1n) is 12.8. The summed E-state index contributed by atoms with van der Waals surface area (Å²) < 4.78 is 25.7. The fraction of sp³-hybridized carbons (Fsp3) is 0.379. The van der Waals surface area contributed by atoms with E-state index in [4.69, 9.17) is 9.97 Å². The van der Waals surface area contributed by atoms with Gasteiger partial charge in [-0.2, -0.15) is 0 Å². The molecule has 2 aromatic heterocycles. The average molecular weight is 534 g/mol. The SMILES string of the molecule is Cc1nc(-c2ccc(N3CCN(CC(C)(C)O)CC3)cc2)cc2c1nc(-c1ccc(S(C)(=O)=O)cc1)n2C. The smallest absolute Gasteiger partial charge is 0.175 e. The molecule has 3 heterocycles. The zero-order chi connectivity index (χ0) is 27.2. The van der Waals surface area contributed by atoms with E-state index < -0.39 is 15.4 Å². The summed E-state index contributed by atoms with van der Waals surface area (Å²) in [4.78, 5) is 14.7. The van der Waals surface area contributed by atoms with Gasteiger partial charge >= 0.3 is 0 Å². The van der Waals surface area contributed by atoms with E-state index >= 15 is 0 Å². The second kappa shape index (κ2) is 9.80. The number of imidazole rings is 1. The van der Waals surface area contributed by atoms with Crippen LogP contribution in [0.3, 0.4) is 0 Å². The van der Waals surface area contributed by atoms with Gasteiger partial charge in [-0.3, -0.25) is 9.88 Å². The number of benzene rings is 2. The molecule has 1 N–H and O–H groups in total. The molecule has 1 aliphatic heterocycles. The quantitative estimate of drug-likeness (QED) is 0.402. The molecule has 0 bridgehead atoms. The lowest BCUT2D eigenvalue weighted by Gasteiger charge is -2.38. The van der Waals surface area contributed by atoms with Crippen molar-refractivity contribution < 1.29 is 13.5 Å². The van der Waals surface area contributed by atoms with Crippen LogP contribution in [-0.2, 0) is 16.9 Å². The number of sulfone groups is 1. The molecule has 0 aliphatic carbocycles. The fourth-order valence-corrected chi connectivity index (χ4v) is 5.78. The molecule has 0 saturated carbocycles. The van der Waals surface area contributed by atoms with Crippen molar-refractivity contribution in [3.8, 4) is 22.6 Å². The van der Waals surface area contributed by atoms with Gasteiger partial charge in [0.15, 0.2) is 9.84 Å². The molecular weight excluding hydrogens is 498 g/mol. The number of rotatable bonds is 6. The highest BCUT2D eigenvalue weighted by molar-refractivity contribution is 7.90. The maximum Gasteiger partial charge on any atom is 0.175 e. The first kappa shape index (κ1) is 26.3. The summed E-state index contributed by atoms with van der Waals surface area (Å²) in [6, 6.07) is 17.4. The maximum atomic E-state index is 11.8. The van der Waals surface area contributed by atoms with Crippen LogP contribution < -0.4 is 4.90 Å². The van der Waals surface area contributed by atoms with E-state index in [-0.39, 0.29) is 0 Å². The Morgan fingerprint density at radius 1 is 0.921 bits per heavy atom. The first-order chi connectivity index (χ1) is 17.9. The highest BCUT2D eigenvalue weighted by atomic mass is 32.2. The second-order valence-electron chi connectivity index (χ2n) is 10.9. The molecule has 0 unspecified atom stereocenters. The lowest BCUT2D eigenvalue weighted by atomic mass is 10.1. The largest absolute Gasteiger partial charge is 0.389 e. The van der Waals surface area contributed by atoms with E-state index in [1.807, 2.05) is 32.4 Å². The van der Waals surface area contributed by atoms with Gasteiger partial charge in [0.05, 0.1) is 27.4 Å². The van der Waals surface area contributed by atoms with Gasteiger partial charge < -0.3 is 14.6 Å². The minimum Gasteiger partial charge on any atom is -0.389 e. The van der Waals surface area contributed by atoms with Crippen LogP contribution in [0.4, 0.5) is 5.69 Å². The minimum atomic E-state index is -3.25. The Morgan fingerprint density at radius 3 is 2.11 bits per heavy atom. The van der Waals surface area contributed by atoms with Crippen LogP contribution in [0.25, 0.3) is 33.7 Å². The highest BCUT2D eigenvalue weighted by Crippen LogP contribution is 2.30. The number of β-amino-alcohol motifs (C(OH)–C–C–N with tert-alkyl or cyclic N) is 1. The summed E-state index contributed by atoms with van der Waals surface area (Å²) >= 11 is 0. The van der Waals surface area contributed by atoms with Gasteiger partial charge in [0, 0.05) is 62.8 Å².